The summed E-state index contributed by atoms with van der Waals surface area (Å²) in [5.41, 5.74) is 0.797. The van der Waals surface area contributed by atoms with Gasteiger partial charge >= 0.3 is 5.97 Å². The van der Waals surface area contributed by atoms with Crippen LogP contribution in [0.3, 0.4) is 0 Å². The molecule has 0 bridgehead atoms. The molecule has 1 amide bonds. The van der Waals surface area contributed by atoms with E-state index in [4.69, 9.17) is 23.2 Å². The molecular weight excluding hydrogens is 335 g/mol. The second-order valence-electron chi connectivity index (χ2n) is 4.04. The SMILES string of the molecule is COC(=O)c1sc(NC(=O)c2cc(Cl)cc(Cl)c2)nc1C. The van der Waals surface area contributed by atoms with E-state index in [1.165, 1.54) is 25.3 Å². The van der Waals surface area contributed by atoms with Gasteiger partial charge in [0.2, 0.25) is 0 Å². The lowest BCUT2D eigenvalue weighted by Gasteiger charge is -2.03. The van der Waals surface area contributed by atoms with Gasteiger partial charge in [-0.1, -0.05) is 34.5 Å². The molecule has 0 aliphatic rings. The van der Waals surface area contributed by atoms with Crippen molar-refractivity contribution in [2.45, 2.75) is 6.92 Å². The Morgan fingerprint density at radius 3 is 2.43 bits per heavy atom. The molecule has 5 nitrogen and oxygen atoms in total. The van der Waals surface area contributed by atoms with Crippen LogP contribution in [-0.4, -0.2) is 24.0 Å². The number of nitrogens with zero attached hydrogens (tertiary/aromatic N) is 1. The van der Waals surface area contributed by atoms with Gasteiger partial charge in [0.1, 0.15) is 4.88 Å². The molecule has 1 aromatic carbocycles. The Bertz CT molecular complexity index is 695. The van der Waals surface area contributed by atoms with Crippen LogP contribution in [-0.2, 0) is 4.74 Å². The van der Waals surface area contributed by atoms with E-state index in [-0.39, 0.29) is 0 Å². The third-order valence-corrected chi connectivity index (χ3v) is 4.00. The van der Waals surface area contributed by atoms with Crippen molar-refractivity contribution in [3.63, 3.8) is 0 Å². The van der Waals surface area contributed by atoms with Crippen LogP contribution >= 0.6 is 34.5 Å². The molecule has 2 rings (SSSR count). The average Bonchev–Trinajstić information content (AvgIpc) is 2.77. The Hall–Kier alpha value is -1.63. The van der Waals surface area contributed by atoms with Crippen molar-refractivity contribution in [3.8, 4) is 0 Å². The van der Waals surface area contributed by atoms with Crippen molar-refractivity contribution in [2.24, 2.45) is 0 Å². The van der Waals surface area contributed by atoms with Crippen LogP contribution in [0.5, 0.6) is 0 Å². The zero-order chi connectivity index (χ0) is 15.6. The third kappa shape index (κ3) is 3.72. The van der Waals surface area contributed by atoms with Gasteiger partial charge in [-0.2, -0.15) is 0 Å². The number of amides is 1. The highest BCUT2D eigenvalue weighted by molar-refractivity contribution is 7.17. The lowest BCUT2D eigenvalue weighted by molar-refractivity contribution is 0.0605. The number of rotatable bonds is 3. The highest BCUT2D eigenvalue weighted by Gasteiger charge is 2.17. The molecule has 0 saturated heterocycles. The molecule has 21 heavy (non-hydrogen) atoms. The summed E-state index contributed by atoms with van der Waals surface area (Å²) in [4.78, 5) is 28.0. The molecule has 1 aromatic heterocycles. The van der Waals surface area contributed by atoms with Crippen LogP contribution in [0.25, 0.3) is 0 Å². The van der Waals surface area contributed by atoms with E-state index in [2.05, 4.69) is 15.0 Å². The normalized spacial score (nSPS) is 10.3. The van der Waals surface area contributed by atoms with Crippen molar-refractivity contribution in [1.82, 2.24) is 4.98 Å². The van der Waals surface area contributed by atoms with Gasteiger partial charge in [-0.05, 0) is 25.1 Å². The summed E-state index contributed by atoms with van der Waals surface area (Å²) in [6.07, 6.45) is 0. The Morgan fingerprint density at radius 2 is 1.86 bits per heavy atom. The molecule has 0 atom stereocenters. The summed E-state index contributed by atoms with van der Waals surface area (Å²) in [5, 5.41) is 3.62. The lowest BCUT2D eigenvalue weighted by Crippen LogP contribution is -2.11. The molecule has 0 spiro atoms. The summed E-state index contributed by atoms with van der Waals surface area (Å²) in [6.45, 7) is 1.66. The number of halogens is 2. The van der Waals surface area contributed by atoms with E-state index in [1.807, 2.05) is 0 Å². The number of ether oxygens (including phenoxy) is 1. The maximum Gasteiger partial charge on any atom is 0.350 e. The molecule has 0 fully saturated rings. The van der Waals surface area contributed by atoms with Gasteiger partial charge in [0, 0.05) is 15.6 Å². The smallest absolute Gasteiger partial charge is 0.350 e. The summed E-state index contributed by atoms with van der Waals surface area (Å²) in [5.74, 6) is -0.902. The number of benzene rings is 1. The minimum Gasteiger partial charge on any atom is -0.465 e. The molecule has 8 heteroatoms. The Labute approximate surface area is 134 Å². The third-order valence-electron chi connectivity index (χ3n) is 2.51. The number of aryl methyl sites for hydroxylation is 1. The summed E-state index contributed by atoms with van der Waals surface area (Å²) in [7, 11) is 1.29. The molecule has 1 heterocycles. The highest BCUT2D eigenvalue weighted by atomic mass is 35.5. The minimum absolute atomic E-state index is 0.300. The van der Waals surface area contributed by atoms with Crippen LogP contribution in [0.15, 0.2) is 18.2 Å². The monoisotopic (exact) mass is 344 g/mol. The van der Waals surface area contributed by atoms with Gasteiger partial charge < -0.3 is 4.74 Å². The van der Waals surface area contributed by atoms with Crippen molar-refractivity contribution >= 4 is 51.5 Å². The average molecular weight is 345 g/mol. The number of aromatic nitrogens is 1. The van der Waals surface area contributed by atoms with Gasteiger partial charge in [-0.25, -0.2) is 9.78 Å². The number of hydrogen-bond acceptors (Lipinski definition) is 5. The van der Waals surface area contributed by atoms with Crippen molar-refractivity contribution in [1.29, 1.82) is 0 Å². The van der Waals surface area contributed by atoms with Gasteiger partial charge in [-0.3, -0.25) is 10.1 Å². The molecule has 110 valence electrons. The topological polar surface area (TPSA) is 68.3 Å². The van der Waals surface area contributed by atoms with Crippen LogP contribution in [0.2, 0.25) is 10.0 Å². The number of anilines is 1. The minimum atomic E-state index is -0.490. The number of thiazole rings is 1. The number of nitrogens with one attached hydrogen (secondary N) is 1. The molecule has 0 aliphatic heterocycles. The zero-order valence-corrected chi connectivity index (χ0v) is 13.4. The second-order valence-corrected chi connectivity index (χ2v) is 5.91. The lowest BCUT2D eigenvalue weighted by atomic mass is 10.2. The molecule has 0 aliphatic carbocycles. The van der Waals surface area contributed by atoms with E-state index >= 15 is 0 Å². The van der Waals surface area contributed by atoms with Crippen LogP contribution in [0.1, 0.15) is 25.7 Å². The first-order valence-corrected chi connectivity index (χ1v) is 7.31. The Kier molecular flexibility index (Phi) is 4.82. The van der Waals surface area contributed by atoms with Crippen LogP contribution in [0, 0.1) is 6.92 Å². The van der Waals surface area contributed by atoms with Gasteiger partial charge in [0.25, 0.3) is 5.91 Å². The molecule has 0 saturated carbocycles. The Morgan fingerprint density at radius 1 is 1.24 bits per heavy atom. The maximum atomic E-state index is 12.1. The van der Waals surface area contributed by atoms with E-state index in [0.29, 0.717) is 31.3 Å². The number of esters is 1. The number of methoxy groups -OCH3 is 1. The van der Waals surface area contributed by atoms with Crippen molar-refractivity contribution in [3.05, 3.63) is 44.4 Å². The van der Waals surface area contributed by atoms with Crippen LogP contribution in [0.4, 0.5) is 5.13 Å². The highest BCUT2D eigenvalue weighted by Crippen LogP contribution is 2.25. The number of hydrogen-bond donors (Lipinski definition) is 1. The Balaban J connectivity index is 2.22. The fourth-order valence-electron chi connectivity index (χ4n) is 1.59. The molecule has 2 aromatic rings. The van der Waals surface area contributed by atoms with Crippen molar-refractivity contribution < 1.29 is 14.3 Å². The van der Waals surface area contributed by atoms with Gasteiger partial charge in [0.15, 0.2) is 5.13 Å². The number of carbonyl (C=O) groups excluding carboxylic acids is 2. The van der Waals surface area contributed by atoms with Crippen molar-refractivity contribution in [2.75, 3.05) is 12.4 Å². The number of carbonyl (C=O) groups is 2. The van der Waals surface area contributed by atoms with Gasteiger partial charge in [0.05, 0.1) is 12.8 Å². The zero-order valence-electron chi connectivity index (χ0n) is 11.1. The molecule has 0 radical (unpaired) electrons. The summed E-state index contributed by atoms with van der Waals surface area (Å²) >= 11 is 12.7. The predicted octanol–water partition coefficient (Wildman–Crippen LogP) is 3.80. The first-order chi connectivity index (χ1) is 9.90. The standard InChI is InChI=1S/C13H10Cl2N2O3S/c1-6-10(12(19)20-2)21-13(16-6)17-11(18)7-3-8(14)5-9(15)4-7/h3-5H,1-2H3,(H,16,17,18). The quantitative estimate of drug-likeness (QED) is 0.860. The van der Waals surface area contributed by atoms with E-state index in [0.717, 1.165) is 11.3 Å². The fraction of sp³-hybridized carbons (Fsp3) is 0.154. The molecule has 1 N–H and O–H groups in total. The predicted molar refractivity (Wildman–Crippen MR) is 82.6 cm³/mol. The largest absolute Gasteiger partial charge is 0.465 e. The molecular formula is C13H10Cl2N2O3S. The van der Waals surface area contributed by atoms with Crippen LogP contribution < -0.4 is 5.32 Å². The fourth-order valence-corrected chi connectivity index (χ4v) is 2.99. The van der Waals surface area contributed by atoms with E-state index in [9.17, 15) is 9.59 Å². The summed E-state index contributed by atoms with van der Waals surface area (Å²) < 4.78 is 4.64. The maximum absolute atomic E-state index is 12.1. The van der Waals surface area contributed by atoms with Gasteiger partial charge in [-0.15, -0.1) is 0 Å². The molecule has 0 unspecified atom stereocenters. The summed E-state index contributed by atoms with van der Waals surface area (Å²) in [6, 6.07) is 4.51. The second kappa shape index (κ2) is 6.43. The first kappa shape index (κ1) is 15.8. The van der Waals surface area contributed by atoms with E-state index in [1.54, 1.807) is 6.92 Å². The first-order valence-electron chi connectivity index (χ1n) is 5.74. The van der Waals surface area contributed by atoms with E-state index < -0.39 is 11.9 Å².